The van der Waals surface area contributed by atoms with Gasteiger partial charge in [0.2, 0.25) is 11.8 Å². The van der Waals surface area contributed by atoms with Crippen molar-refractivity contribution in [3.05, 3.63) is 94.1 Å². The maximum Gasteiger partial charge on any atom is 0.254 e. The number of benzene rings is 2. The lowest BCUT2D eigenvalue weighted by Crippen LogP contribution is -2.54. The van der Waals surface area contributed by atoms with Gasteiger partial charge in [-0.3, -0.25) is 14.5 Å². The quantitative estimate of drug-likeness (QED) is 0.108. The van der Waals surface area contributed by atoms with Crippen molar-refractivity contribution in [3.8, 4) is 33.3 Å². The number of carbonyl (C=O) groups excluding carboxylic acids is 2. The number of ether oxygens (including phenoxy) is 1. The summed E-state index contributed by atoms with van der Waals surface area (Å²) >= 11 is 3.32. The molecule has 4 aliphatic rings. The van der Waals surface area contributed by atoms with Crippen molar-refractivity contribution < 1.29 is 29.1 Å². The number of thiophene rings is 1. The molecule has 7 heterocycles. The van der Waals surface area contributed by atoms with E-state index in [9.17, 15) is 19.8 Å². The number of nitrogens with one attached hydrogen (secondary N) is 1. The Morgan fingerprint density at radius 1 is 1.00 bits per heavy atom. The third-order valence-electron chi connectivity index (χ3n) is 12.5. The number of fused-ring (bicyclic) bond motifs is 3. The third kappa shape index (κ3) is 7.91. The number of aliphatic hydroxyl groups excluding tert-OH is 1. The van der Waals surface area contributed by atoms with Crippen molar-refractivity contribution in [1.82, 2.24) is 35.5 Å². The second kappa shape index (κ2) is 16.7. The van der Waals surface area contributed by atoms with Crippen LogP contribution in [-0.2, 0) is 9.59 Å². The van der Waals surface area contributed by atoms with E-state index in [0.29, 0.717) is 47.3 Å². The van der Waals surface area contributed by atoms with E-state index in [2.05, 4.69) is 36.6 Å². The van der Waals surface area contributed by atoms with Crippen molar-refractivity contribution in [2.75, 3.05) is 32.8 Å². The van der Waals surface area contributed by atoms with Crippen LogP contribution in [0.3, 0.4) is 0 Å². The molecule has 2 amide bonds. The molecule has 13 nitrogen and oxygen atoms in total. The molecule has 3 saturated heterocycles. The number of hydrogen-bond acceptors (Lipinski definition) is 13. The Balaban J connectivity index is 0.782. The molecule has 2 bridgehead atoms. The Bertz CT molecular complexity index is 2490. The number of piperidine rings is 2. The first-order valence-electron chi connectivity index (χ1n) is 20.7. The summed E-state index contributed by atoms with van der Waals surface area (Å²) in [7, 11) is 0. The van der Waals surface area contributed by atoms with Crippen LogP contribution in [0, 0.1) is 24.7 Å². The van der Waals surface area contributed by atoms with E-state index in [4.69, 9.17) is 9.26 Å². The van der Waals surface area contributed by atoms with Gasteiger partial charge >= 0.3 is 0 Å². The molecule has 4 aromatic heterocycles. The number of likely N-dealkylation sites (tertiary alicyclic amines) is 1. The molecule has 60 heavy (non-hydrogen) atoms. The van der Waals surface area contributed by atoms with E-state index >= 15 is 0 Å². The number of amides is 2. The largest absolute Gasteiger partial charge is 0.507 e. The van der Waals surface area contributed by atoms with Crippen LogP contribution in [0.15, 0.2) is 76.8 Å². The van der Waals surface area contributed by atoms with Gasteiger partial charge in [0.25, 0.3) is 5.88 Å². The number of aryl methyl sites for hydroxylation is 1. The third-order valence-corrected chi connectivity index (χ3v) is 14.6. The van der Waals surface area contributed by atoms with Gasteiger partial charge in [0.05, 0.1) is 33.9 Å². The molecule has 7 atom stereocenters. The number of carbonyl (C=O) groups is 2. The minimum atomic E-state index is -0.820. The fourth-order valence-electron chi connectivity index (χ4n) is 9.37. The lowest BCUT2D eigenvalue weighted by atomic mass is 9.61. The van der Waals surface area contributed by atoms with Crippen LogP contribution in [0.2, 0.25) is 0 Å². The maximum absolute atomic E-state index is 14.2. The minimum absolute atomic E-state index is 0.0607. The van der Waals surface area contributed by atoms with Crippen LogP contribution in [0.4, 0.5) is 0 Å². The number of thiazole rings is 1. The van der Waals surface area contributed by atoms with Crippen LogP contribution in [-0.4, -0.2) is 97.1 Å². The molecule has 1 aliphatic carbocycles. The number of aromatic nitrogens is 4. The van der Waals surface area contributed by atoms with Crippen molar-refractivity contribution in [1.29, 1.82) is 0 Å². The number of para-hydroxylation sites is 1. The topological polar surface area (TPSA) is 167 Å². The van der Waals surface area contributed by atoms with E-state index in [1.54, 1.807) is 40.9 Å². The van der Waals surface area contributed by atoms with Gasteiger partial charge in [-0.15, -0.1) is 32.9 Å². The Morgan fingerprint density at radius 2 is 1.78 bits per heavy atom. The number of aromatic hydroxyl groups is 1. The molecule has 1 saturated carbocycles. The van der Waals surface area contributed by atoms with Crippen molar-refractivity contribution in [3.63, 3.8) is 0 Å². The SMILES string of the molecule is Cc1ncsc1-c1ccc([C@H](C)NC(=O)[C@@H]2C[C@@H](O)CN2C(=O)[C@@H](c2cc(OCCN3C[C@H]4C[C@@H](C3)C4c3cc4cc(-c5ccccc5O)nnc4s3)no2)C(C)C)cc1. The molecular weight excluding hydrogens is 799 g/mol. The van der Waals surface area contributed by atoms with Gasteiger partial charge < -0.3 is 29.7 Å². The highest BCUT2D eigenvalue weighted by atomic mass is 32.1. The smallest absolute Gasteiger partial charge is 0.254 e. The summed E-state index contributed by atoms with van der Waals surface area (Å²) in [6.07, 6.45) is 0.547. The van der Waals surface area contributed by atoms with Crippen LogP contribution < -0.4 is 10.1 Å². The number of phenols is 1. The molecule has 4 fully saturated rings. The average molecular weight is 848 g/mol. The summed E-state index contributed by atoms with van der Waals surface area (Å²) in [5.41, 5.74) is 6.17. The molecule has 0 spiro atoms. The predicted octanol–water partition coefficient (Wildman–Crippen LogP) is 7.18. The predicted molar refractivity (Wildman–Crippen MR) is 230 cm³/mol. The Hall–Kier alpha value is -5.22. The number of hydrogen-bond donors (Lipinski definition) is 3. The maximum atomic E-state index is 14.2. The zero-order chi connectivity index (χ0) is 41.7. The summed E-state index contributed by atoms with van der Waals surface area (Å²) in [6.45, 7) is 11.0. The van der Waals surface area contributed by atoms with E-state index in [1.807, 2.05) is 75.7 Å². The zero-order valence-corrected chi connectivity index (χ0v) is 35.7. The first-order chi connectivity index (χ1) is 29.0. The molecule has 15 heteroatoms. The molecule has 2 aromatic carbocycles. The van der Waals surface area contributed by atoms with E-state index in [1.165, 1.54) is 16.2 Å². The summed E-state index contributed by atoms with van der Waals surface area (Å²) in [5, 5.41) is 38.2. The lowest BCUT2D eigenvalue weighted by molar-refractivity contribution is -0.141. The molecular formula is C45H49N7O6S2. The first-order valence-corrected chi connectivity index (χ1v) is 22.4. The molecule has 10 rings (SSSR count). The van der Waals surface area contributed by atoms with E-state index in [-0.39, 0.29) is 42.5 Å². The van der Waals surface area contributed by atoms with Crippen molar-refractivity contribution in [2.24, 2.45) is 17.8 Å². The van der Waals surface area contributed by atoms with Gasteiger partial charge in [0.1, 0.15) is 29.1 Å². The second-order valence-electron chi connectivity index (χ2n) is 16.8. The highest BCUT2D eigenvalue weighted by molar-refractivity contribution is 7.18. The van der Waals surface area contributed by atoms with E-state index in [0.717, 1.165) is 51.5 Å². The van der Waals surface area contributed by atoms with E-state index < -0.39 is 18.1 Å². The number of aliphatic hydroxyl groups is 1. The Kier molecular flexibility index (Phi) is 11.2. The number of phenolic OH excluding ortho intramolecular Hbond substituents is 1. The summed E-state index contributed by atoms with van der Waals surface area (Å²) in [6, 6.07) is 20.1. The molecule has 3 N–H and O–H groups in total. The molecule has 6 aromatic rings. The van der Waals surface area contributed by atoms with Gasteiger partial charge in [-0.05, 0) is 78.6 Å². The van der Waals surface area contributed by atoms with Crippen LogP contribution in [0.1, 0.15) is 73.4 Å². The highest BCUT2D eigenvalue weighted by Crippen LogP contribution is 2.53. The standard InChI is InChI=1S/C45H49N7O6S2/c1-24(2)40(45(56)52-22-32(53)18-35(52)43(55)47-25(3)27-9-11-28(12-10-27)42-26(4)46-23-59-42)37-19-39(50-58-37)57-14-13-51-20-30-15-31(21-51)41(30)38-17-29-16-34(48-49-44(29)60-38)33-7-5-6-8-36(33)54/h5-12,16-17,19,23-25,30-32,35,40-41,53-54H,13-15,18,20-22H2,1-4H3,(H,47,55)/t25-,30-,31+,32+,35-,40+,41?/m0/s1. The number of nitrogens with zero attached hydrogens (tertiary/aromatic N) is 6. The van der Waals surface area contributed by atoms with Gasteiger partial charge in [-0.25, -0.2) is 4.98 Å². The van der Waals surface area contributed by atoms with Gasteiger partial charge in [-0.2, -0.15) is 0 Å². The van der Waals surface area contributed by atoms with Crippen LogP contribution in [0.5, 0.6) is 11.6 Å². The number of rotatable bonds is 13. The fourth-order valence-corrected chi connectivity index (χ4v) is 11.4. The normalized spacial score (nSPS) is 22.5. The van der Waals surface area contributed by atoms with Gasteiger partial charge in [0.15, 0.2) is 5.76 Å². The van der Waals surface area contributed by atoms with Crippen LogP contribution in [0.25, 0.3) is 31.9 Å². The van der Waals surface area contributed by atoms with Crippen LogP contribution >= 0.6 is 22.7 Å². The Labute approximate surface area is 356 Å². The Morgan fingerprint density at radius 3 is 2.52 bits per heavy atom. The molecule has 3 aliphatic heterocycles. The second-order valence-corrected chi connectivity index (χ2v) is 18.8. The summed E-state index contributed by atoms with van der Waals surface area (Å²) < 4.78 is 11.8. The zero-order valence-electron chi connectivity index (χ0n) is 34.0. The summed E-state index contributed by atoms with van der Waals surface area (Å²) in [5.74, 6) is 1.03. The molecule has 312 valence electrons. The number of β-amino-alcohol motifs (C(OH)–C–C–N with tert-alkyl or cyclic N) is 1. The fraction of sp³-hybridized carbons (Fsp3) is 0.422. The monoisotopic (exact) mass is 847 g/mol. The molecule has 0 radical (unpaired) electrons. The molecule has 1 unspecified atom stereocenters. The van der Waals surface area contributed by atoms with Gasteiger partial charge in [0, 0.05) is 60.4 Å². The lowest BCUT2D eigenvalue weighted by Gasteiger charge is -2.53. The first kappa shape index (κ1) is 40.2. The van der Waals surface area contributed by atoms with Crippen molar-refractivity contribution >= 4 is 44.7 Å². The highest BCUT2D eigenvalue weighted by Gasteiger charge is 2.48. The minimum Gasteiger partial charge on any atom is -0.507 e. The average Bonchev–Trinajstić information content (AvgIpc) is 4.05. The van der Waals surface area contributed by atoms with Gasteiger partial charge in [-0.1, -0.05) is 50.2 Å². The summed E-state index contributed by atoms with van der Waals surface area (Å²) in [4.78, 5) is 39.6. The van der Waals surface area contributed by atoms with Crippen molar-refractivity contribution in [2.45, 2.75) is 70.6 Å².